The number of nitrogens with two attached hydrogens (primary N) is 1. The summed E-state index contributed by atoms with van der Waals surface area (Å²) in [7, 11) is 0. The number of oxime groups is 1. The summed E-state index contributed by atoms with van der Waals surface area (Å²) in [6.45, 7) is -0.172. The highest BCUT2D eigenvalue weighted by Crippen LogP contribution is 2.22. The molecule has 0 saturated carbocycles. The molecule has 10 heteroatoms. The fraction of sp³-hybridized carbons (Fsp3) is 0.273. The maximum absolute atomic E-state index is 13.3. The number of amides is 1. The third-order valence-electron chi connectivity index (χ3n) is 2.46. The molecule has 1 rings (SSSR count). The SMILES string of the molecule is NC(CCCNC(=O)c1c(F)c(F)c(F)c(F)c1F)=NO. The minimum atomic E-state index is -2.34. The molecule has 0 aromatic heterocycles. The second kappa shape index (κ2) is 6.86. The Morgan fingerprint density at radius 1 is 1.05 bits per heavy atom. The van der Waals surface area contributed by atoms with Crippen molar-refractivity contribution in [3.63, 3.8) is 0 Å². The minimum Gasteiger partial charge on any atom is -0.409 e. The van der Waals surface area contributed by atoms with E-state index >= 15 is 0 Å². The molecule has 1 amide bonds. The van der Waals surface area contributed by atoms with E-state index in [2.05, 4.69) is 5.16 Å². The van der Waals surface area contributed by atoms with Crippen LogP contribution < -0.4 is 11.1 Å². The van der Waals surface area contributed by atoms with Gasteiger partial charge in [0, 0.05) is 13.0 Å². The van der Waals surface area contributed by atoms with Gasteiger partial charge in [-0.3, -0.25) is 4.79 Å². The van der Waals surface area contributed by atoms with Gasteiger partial charge < -0.3 is 16.3 Å². The molecule has 0 fully saturated rings. The fourth-order valence-corrected chi connectivity index (χ4v) is 1.41. The van der Waals surface area contributed by atoms with E-state index in [1.165, 1.54) is 0 Å². The lowest BCUT2D eigenvalue weighted by atomic mass is 10.1. The van der Waals surface area contributed by atoms with Gasteiger partial charge in [0.15, 0.2) is 23.3 Å². The van der Waals surface area contributed by atoms with Crippen LogP contribution in [0.5, 0.6) is 0 Å². The van der Waals surface area contributed by atoms with Crippen molar-refractivity contribution in [2.45, 2.75) is 12.8 Å². The van der Waals surface area contributed by atoms with Gasteiger partial charge in [-0.25, -0.2) is 22.0 Å². The average molecular weight is 311 g/mol. The minimum absolute atomic E-state index is 0.0634. The predicted octanol–water partition coefficient (Wildman–Crippen LogP) is 1.64. The highest BCUT2D eigenvalue weighted by molar-refractivity contribution is 5.94. The number of hydrogen-bond acceptors (Lipinski definition) is 3. The van der Waals surface area contributed by atoms with E-state index in [0.717, 1.165) is 0 Å². The Balaban J connectivity index is 2.84. The Hall–Kier alpha value is -2.39. The number of nitrogens with one attached hydrogen (secondary N) is 1. The van der Waals surface area contributed by atoms with Crippen LogP contribution in [0.4, 0.5) is 22.0 Å². The first-order valence-electron chi connectivity index (χ1n) is 5.57. The lowest BCUT2D eigenvalue weighted by Gasteiger charge is -2.09. The topological polar surface area (TPSA) is 87.7 Å². The number of carbonyl (C=O) groups excluding carboxylic acids is 1. The summed E-state index contributed by atoms with van der Waals surface area (Å²) in [6, 6.07) is 0. The van der Waals surface area contributed by atoms with Gasteiger partial charge in [-0.2, -0.15) is 0 Å². The summed E-state index contributed by atoms with van der Waals surface area (Å²) in [5.41, 5.74) is 3.57. The van der Waals surface area contributed by atoms with Gasteiger partial charge in [0.2, 0.25) is 5.82 Å². The molecule has 1 aromatic rings. The van der Waals surface area contributed by atoms with Gasteiger partial charge in [-0.15, -0.1) is 0 Å². The maximum atomic E-state index is 13.3. The summed E-state index contributed by atoms with van der Waals surface area (Å²) in [4.78, 5) is 11.5. The molecule has 0 aliphatic carbocycles. The van der Waals surface area contributed by atoms with E-state index < -0.39 is 40.6 Å². The van der Waals surface area contributed by atoms with Crippen LogP contribution in [0.3, 0.4) is 0 Å². The molecule has 0 spiro atoms. The van der Waals surface area contributed by atoms with Gasteiger partial charge >= 0.3 is 0 Å². The van der Waals surface area contributed by atoms with Crippen molar-refractivity contribution in [2.24, 2.45) is 10.9 Å². The molecule has 0 radical (unpaired) electrons. The van der Waals surface area contributed by atoms with Crippen molar-refractivity contribution in [1.29, 1.82) is 0 Å². The van der Waals surface area contributed by atoms with Crippen molar-refractivity contribution in [3.8, 4) is 0 Å². The van der Waals surface area contributed by atoms with Crippen LogP contribution in [0.25, 0.3) is 0 Å². The number of benzene rings is 1. The van der Waals surface area contributed by atoms with E-state index in [1.807, 2.05) is 5.32 Å². The Labute approximate surface area is 115 Å². The number of halogens is 5. The maximum Gasteiger partial charge on any atom is 0.257 e. The predicted molar refractivity (Wildman–Crippen MR) is 61.2 cm³/mol. The first-order valence-corrected chi connectivity index (χ1v) is 5.57. The summed E-state index contributed by atoms with van der Waals surface area (Å²) in [5.74, 6) is -12.7. The third-order valence-corrected chi connectivity index (χ3v) is 2.46. The number of amidine groups is 1. The van der Waals surface area contributed by atoms with Gasteiger partial charge in [0.05, 0.1) is 0 Å². The highest BCUT2D eigenvalue weighted by Gasteiger charge is 2.29. The Kier molecular flexibility index (Phi) is 5.44. The average Bonchev–Trinajstić information content (AvgIpc) is 2.47. The Morgan fingerprint density at radius 2 is 1.52 bits per heavy atom. The first-order chi connectivity index (χ1) is 9.81. The number of rotatable bonds is 5. The van der Waals surface area contributed by atoms with Crippen LogP contribution in [0.1, 0.15) is 23.2 Å². The van der Waals surface area contributed by atoms with Crippen LogP contribution in [-0.4, -0.2) is 23.5 Å². The Bertz CT molecular complexity index is 563. The zero-order valence-electron chi connectivity index (χ0n) is 10.4. The lowest BCUT2D eigenvalue weighted by Crippen LogP contribution is -2.28. The van der Waals surface area contributed by atoms with E-state index in [1.54, 1.807) is 0 Å². The number of carbonyl (C=O) groups is 1. The monoisotopic (exact) mass is 311 g/mol. The van der Waals surface area contributed by atoms with Crippen molar-refractivity contribution < 1.29 is 32.0 Å². The van der Waals surface area contributed by atoms with Gasteiger partial charge in [-0.05, 0) is 6.42 Å². The van der Waals surface area contributed by atoms with E-state index in [4.69, 9.17) is 10.9 Å². The molecule has 116 valence electrons. The van der Waals surface area contributed by atoms with Crippen LogP contribution in [-0.2, 0) is 0 Å². The van der Waals surface area contributed by atoms with E-state index in [9.17, 15) is 26.7 Å². The van der Waals surface area contributed by atoms with Crippen LogP contribution >= 0.6 is 0 Å². The molecule has 1 aromatic carbocycles. The van der Waals surface area contributed by atoms with Gasteiger partial charge in [0.25, 0.3) is 5.91 Å². The summed E-state index contributed by atoms with van der Waals surface area (Å²) < 4.78 is 65.2. The van der Waals surface area contributed by atoms with Crippen LogP contribution in [0, 0.1) is 29.1 Å². The third kappa shape index (κ3) is 3.58. The normalized spacial score (nSPS) is 11.6. The van der Waals surface area contributed by atoms with Crippen molar-refractivity contribution in [1.82, 2.24) is 5.32 Å². The summed E-state index contributed by atoms with van der Waals surface area (Å²) in [5, 5.41) is 12.9. The molecular formula is C11H10F5N3O2. The van der Waals surface area contributed by atoms with Crippen molar-refractivity contribution in [2.75, 3.05) is 6.54 Å². The van der Waals surface area contributed by atoms with Crippen LogP contribution in [0.15, 0.2) is 5.16 Å². The molecule has 21 heavy (non-hydrogen) atoms. The van der Waals surface area contributed by atoms with Crippen LogP contribution in [0.2, 0.25) is 0 Å². The van der Waals surface area contributed by atoms with E-state index in [0.29, 0.717) is 0 Å². The first kappa shape index (κ1) is 16.7. The number of nitrogens with zero attached hydrogens (tertiary/aromatic N) is 1. The molecule has 0 saturated heterocycles. The fourth-order valence-electron chi connectivity index (χ4n) is 1.41. The zero-order valence-corrected chi connectivity index (χ0v) is 10.4. The van der Waals surface area contributed by atoms with Gasteiger partial charge in [-0.1, -0.05) is 5.16 Å². The van der Waals surface area contributed by atoms with E-state index in [-0.39, 0.29) is 25.2 Å². The molecule has 0 unspecified atom stereocenters. The highest BCUT2D eigenvalue weighted by atomic mass is 19.2. The zero-order chi connectivity index (χ0) is 16.2. The lowest BCUT2D eigenvalue weighted by molar-refractivity contribution is 0.0941. The van der Waals surface area contributed by atoms with Crippen molar-refractivity contribution >= 4 is 11.7 Å². The quantitative estimate of drug-likeness (QED) is 0.113. The second-order valence-corrected chi connectivity index (χ2v) is 3.90. The standard InChI is InChI=1S/C11H10F5N3O2/c12-6-5(7(13)9(15)10(16)8(6)14)11(20)18-3-1-2-4(17)19-21/h21H,1-3H2,(H2,17,19)(H,18,20). The molecule has 0 aliphatic rings. The molecule has 0 bridgehead atoms. The smallest absolute Gasteiger partial charge is 0.257 e. The molecule has 4 N–H and O–H groups in total. The Morgan fingerprint density at radius 3 is 2.00 bits per heavy atom. The molecule has 0 heterocycles. The molecule has 0 atom stereocenters. The second-order valence-electron chi connectivity index (χ2n) is 3.90. The largest absolute Gasteiger partial charge is 0.409 e. The summed E-state index contributed by atoms with van der Waals surface area (Å²) >= 11 is 0. The molecule has 0 aliphatic heterocycles. The van der Waals surface area contributed by atoms with Crippen molar-refractivity contribution in [3.05, 3.63) is 34.6 Å². The number of hydrogen-bond donors (Lipinski definition) is 3. The summed E-state index contributed by atoms with van der Waals surface area (Å²) in [6.07, 6.45) is 0.199. The van der Waals surface area contributed by atoms with Gasteiger partial charge in [0.1, 0.15) is 11.4 Å². The molecular weight excluding hydrogens is 301 g/mol. The molecule has 5 nitrogen and oxygen atoms in total.